The molecule has 1 aromatic heterocycles. The van der Waals surface area contributed by atoms with Crippen molar-refractivity contribution in [1.29, 1.82) is 0 Å². The highest BCUT2D eigenvalue weighted by atomic mass is 16.7. The van der Waals surface area contributed by atoms with Crippen LogP contribution in [0.5, 0.6) is 0 Å². The highest BCUT2D eigenvalue weighted by Crippen LogP contribution is 2.33. The lowest BCUT2D eigenvalue weighted by atomic mass is 10.1. The van der Waals surface area contributed by atoms with E-state index in [0.717, 1.165) is 39.9 Å². The van der Waals surface area contributed by atoms with Crippen molar-refractivity contribution in [2.75, 3.05) is 0 Å². The van der Waals surface area contributed by atoms with Gasteiger partial charge in [-0.2, -0.15) is 0 Å². The molecule has 6 heteroatoms. The summed E-state index contributed by atoms with van der Waals surface area (Å²) >= 11 is 0. The Kier molecular flexibility index (Phi) is 3.44. The zero-order valence-corrected chi connectivity index (χ0v) is 12.4. The van der Waals surface area contributed by atoms with E-state index >= 15 is 0 Å². The molecule has 0 spiro atoms. The van der Waals surface area contributed by atoms with Crippen molar-refractivity contribution in [3.63, 3.8) is 0 Å². The van der Waals surface area contributed by atoms with Gasteiger partial charge < -0.3 is 14.5 Å². The van der Waals surface area contributed by atoms with Crippen LogP contribution in [-0.2, 0) is 34.3 Å². The first-order valence-electron chi connectivity index (χ1n) is 7.04. The minimum atomic E-state index is -0.843. The zero-order valence-electron chi connectivity index (χ0n) is 12.4. The average Bonchev–Trinajstić information content (AvgIpc) is 2.97. The van der Waals surface area contributed by atoms with Crippen molar-refractivity contribution >= 4 is 28.6 Å². The summed E-state index contributed by atoms with van der Waals surface area (Å²) in [5.74, 6) is -1.28. The zero-order chi connectivity index (χ0) is 15.9. The van der Waals surface area contributed by atoms with Crippen molar-refractivity contribution in [1.82, 2.24) is 4.57 Å². The Hall–Kier alpha value is -2.63. The van der Waals surface area contributed by atoms with E-state index in [0.29, 0.717) is 6.42 Å². The number of benzene rings is 1. The number of fused-ring (bicyclic) bond motifs is 3. The molecular weight excluding hydrogens is 284 g/mol. The van der Waals surface area contributed by atoms with Gasteiger partial charge in [0.05, 0.1) is 12.1 Å². The third-order valence-corrected chi connectivity index (χ3v) is 3.89. The van der Waals surface area contributed by atoms with Crippen LogP contribution in [0.1, 0.15) is 30.2 Å². The number of oxime groups is 1. The standard InChI is InChI=1S/C16H16N2O4/c1-9(19)22-17-13-5-4-11-12-7-10(8-15(20)21)3-6-14(12)18(2)16(11)13/h3,6-7H,4-5,8H2,1-2H3,(H,20,21). The number of nitrogens with zero attached hydrogens (tertiary/aromatic N) is 2. The monoisotopic (exact) mass is 300 g/mol. The Morgan fingerprint density at radius 2 is 2.14 bits per heavy atom. The van der Waals surface area contributed by atoms with Gasteiger partial charge in [-0.05, 0) is 36.1 Å². The van der Waals surface area contributed by atoms with Gasteiger partial charge in [-0.1, -0.05) is 11.2 Å². The minimum absolute atomic E-state index is 0.00794. The molecule has 1 aliphatic carbocycles. The summed E-state index contributed by atoms with van der Waals surface area (Å²) in [6.45, 7) is 1.32. The minimum Gasteiger partial charge on any atom is -0.481 e. The van der Waals surface area contributed by atoms with E-state index < -0.39 is 11.9 Å². The first kappa shape index (κ1) is 14.3. The van der Waals surface area contributed by atoms with Gasteiger partial charge in [-0.25, -0.2) is 4.79 Å². The second-order valence-corrected chi connectivity index (χ2v) is 5.43. The Morgan fingerprint density at radius 1 is 1.36 bits per heavy atom. The molecule has 0 amide bonds. The topological polar surface area (TPSA) is 80.9 Å². The Morgan fingerprint density at radius 3 is 2.82 bits per heavy atom. The molecule has 0 unspecified atom stereocenters. The van der Waals surface area contributed by atoms with Crippen LogP contribution in [-0.4, -0.2) is 27.3 Å². The fourth-order valence-corrected chi connectivity index (χ4v) is 3.04. The predicted octanol–water partition coefficient (Wildman–Crippen LogP) is 2.02. The van der Waals surface area contributed by atoms with Crippen LogP contribution in [0.2, 0.25) is 0 Å². The van der Waals surface area contributed by atoms with Crippen molar-refractivity contribution in [2.24, 2.45) is 12.2 Å². The Bertz CT molecular complexity index is 817. The average molecular weight is 300 g/mol. The number of aryl methyl sites for hydroxylation is 2. The fourth-order valence-electron chi connectivity index (χ4n) is 3.04. The summed E-state index contributed by atoms with van der Waals surface area (Å²) in [5.41, 5.74) is 4.65. The molecule has 114 valence electrons. The number of aliphatic carboxylic acids is 1. The van der Waals surface area contributed by atoms with Gasteiger partial charge in [0.15, 0.2) is 0 Å². The SMILES string of the molecule is CC(=O)ON=C1CCc2c1n(C)c1ccc(CC(=O)O)cc21. The van der Waals surface area contributed by atoms with Gasteiger partial charge in [-0.15, -0.1) is 0 Å². The van der Waals surface area contributed by atoms with Gasteiger partial charge in [0.25, 0.3) is 0 Å². The van der Waals surface area contributed by atoms with Crippen molar-refractivity contribution < 1.29 is 19.5 Å². The van der Waals surface area contributed by atoms with E-state index in [1.54, 1.807) is 0 Å². The van der Waals surface area contributed by atoms with E-state index in [4.69, 9.17) is 9.94 Å². The number of aromatic nitrogens is 1. The molecule has 2 aromatic rings. The summed E-state index contributed by atoms with van der Waals surface area (Å²) in [5, 5.41) is 13.9. The van der Waals surface area contributed by atoms with Gasteiger partial charge in [0, 0.05) is 24.9 Å². The van der Waals surface area contributed by atoms with Crippen LogP contribution in [0.25, 0.3) is 10.9 Å². The van der Waals surface area contributed by atoms with Gasteiger partial charge in [0.2, 0.25) is 0 Å². The van der Waals surface area contributed by atoms with Crippen LogP contribution in [0.4, 0.5) is 0 Å². The molecule has 1 heterocycles. The molecule has 0 saturated carbocycles. The van der Waals surface area contributed by atoms with E-state index in [9.17, 15) is 9.59 Å². The number of carboxylic acid groups (broad SMARTS) is 1. The quantitative estimate of drug-likeness (QED) is 0.694. The van der Waals surface area contributed by atoms with E-state index in [2.05, 4.69) is 5.16 Å². The maximum Gasteiger partial charge on any atom is 0.331 e. The second kappa shape index (κ2) is 5.29. The smallest absolute Gasteiger partial charge is 0.331 e. The van der Waals surface area contributed by atoms with Gasteiger partial charge in [0.1, 0.15) is 5.71 Å². The summed E-state index contributed by atoms with van der Waals surface area (Å²) in [6.07, 6.45) is 1.53. The van der Waals surface area contributed by atoms with Gasteiger partial charge >= 0.3 is 11.9 Å². The molecule has 0 atom stereocenters. The highest BCUT2D eigenvalue weighted by molar-refractivity contribution is 6.09. The van der Waals surface area contributed by atoms with E-state index in [-0.39, 0.29) is 6.42 Å². The Balaban J connectivity index is 2.10. The number of carbonyl (C=O) groups is 2. The predicted molar refractivity (Wildman–Crippen MR) is 80.9 cm³/mol. The molecule has 0 radical (unpaired) electrons. The molecular formula is C16H16N2O4. The molecule has 6 nitrogen and oxygen atoms in total. The lowest BCUT2D eigenvalue weighted by Crippen LogP contribution is -2.05. The van der Waals surface area contributed by atoms with Crippen LogP contribution in [0.3, 0.4) is 0 Å². The van der Waals surface area contributed by atoms with Crippen molar-refractivity contribution in [3.8, 4) is 0 Å². The maximum atomic E-state index is 10.9. The number of hydrogen-bond donors (Lipinski definition) is 1. The lowest BCUT2D eigenvalue weighted by Gasteiger charge is -2.04. The van der Waals surface area contributed by atoms with Crippen LogP contribution in [0.15, 0.2) is 23.4 Å². The summed E-state index contributed by atoms with van der Waals surface area (Å²) in [7, 11) is 1.94. The highest BCUT2D eigenvalue weighted by Gasteiger charge is 2.26. The maximum absolute atomic E-state index is 10.9. The molecule has 1 aliphatic rings. The largest absolute Gasteiger partial charge is 0.481 e. The number of carbonyl (C=O) groups excluding carboxylic acids is 1. The number of rotatable bonds is 3. The Labute approximate surface area is 127 Å². The first-order chi connectivity index (χ1) is 10.5. The van der Waals surface area contributed by atoms with Gasteiger partial charge in [-0.3, -0.25) is 4.79 Å². The molecule has 0 saturated heterocycles. The molecule has 3 rings (SSSR count). The summed E-state index contributed by atoms with van der Waals surface area (Å²) in [4.78, 5) is 26.6. The van der Waals surface area contributed by atoms with E-state index in [1.165, 1.54) is 6.92 Å². The molecule has 1 N–H and O–H groups in total. The first-order valence-corrected chi connectivity index (χ1v) is 7.04. The molecule has 22 heavy (non-hydrogen) atoms. The van der Waals surface area contributed by atoms with Crippen LogP contribution in [0, 0.1) is 0 Å². The lowest BCUT2D eigenvalue weighted by molar-refractivity contribution is -0.141. The molecule has 0 aliphatic heterocycles. The van der Waals surface area contributed by atoms with E-state index in [1.807, 2.05) is 29.8 Å². The number of carboxylic acids is 1. The summed E-state index contributed by atoms with van der Waals surface area (Å²) < 4.78 is 2.02. The second-order valence-electron chi connectivity index (χ2n) is 5.43. The molecule has 1 aromatic carbocycles. The normalized spacial score (nSPS) is 15.3. The summed E-state index contributed by atoms with van der Waals surface area (Å²) in [6, 6.07) is 5.68. The molecule has 0 fully saturated rings. The van der Waals surface area contributed by atoms with Crippen LogP contribution < -0.4 is 0 Å². The van der Waals surface area contributed by atoms with Crippen LogP contribution >= 0.6 is 0 Å². The van der Waals surface area contributed by atoms with Crippen molar-refractivity contribution in [3.05, 3.63) is 35.0 Å². The third kappa shape index (κ3) is 2.36. The third-order valence-electron chi connectivity index (χ3n) is 3.89. The molecule has 0 bridgehead atoms. The van der Waals surface area contributed by atoms with Crippen molar-refractivity contribution in [2.45, 2.75) is 26.2 Å². The fraction of sp³-hybridized carbons (Fsp3) is 0.312. The number of hydrogen-bond acceptors (Lipinski definition) is 4.